The molecule has 8 nitrogen and oxygen atoms in total. The van der Waals surface area contributed by atoms with Crippen molar-refractivity contribution in [2.24, 2.45) is 0 Å². The first kappa shape index (κ1) is 20.9. The summed E-state index contributed by atoms with van der Waals surface area (Å²) in [5.41, 5.74) is 2.61. The van der Waals surface area contributed by atoms with Crippen molar-refractivity contribution in [2.75, 3.05) is 19.5 Å². The molecule has 0 fully saturated rings. The number of amides is 1. The summed E-state index contributed by atoms with van der Waals surface area (Å²) < 4.78 is 21.0. The molecular formula is C22H22N2O6. The van der Waals surface area contributed by atoms with E-state index in [4.69, 9.17) is 18.7 Å². The molecule has 1 heterocycles. The highest BCUT2D eigenvalue weighted by molar-refractivity contribution is 6.07. The average Bonchev–Trinajstić information content (AvgIpc) is 3.08. The Morgan fingerprint density at radius 3 is 2.57 bits per heavy atom. The smallest absolute Gasteiger partial charge is 0.337 e. The van der Waals surface area contributed by atoms with E-state index in [-0.39, 0.29) is 12.2 Å². The zero-order valence-corrected chi connectivity index (χ0v) is 17.1. The predicted octanol–water partition coefficient (Wildman–Crippen LogP) is 3.92. The molecule has 0 saturated heterocycles. The van der Waals surface area contributed by atoms with Crippen LogP contribution in [0.25, 0.3) is 0 Å². The second kappa shape index (κ2) is 9.13. The third-order valence-electron chi connectivity index (χ3n) is 4.53. The molecule has 3 rings (SSSR count). The van der Waals surface area contributed by atoms with E-state index in [1.807, 2.05) is 6.92 Å². The topological polar surface area (TPSA) is 99.9 Å². The summed E-state index contributed by atoms with van der Waals surface area (Å²) in [6.45, 7) is 3.82. The molecule has 8 heteroatoms. The molecule has 1 amide bonds. The Bertz CT molecular complexity index is 1050. The highest BCUT2D eigenvalue weighted by atomic mass is 16.5. The van der Waals surface area contributed by atoms with E-state index in [2.05, 4.69) is 10.5 Å². The van der Waals surface area contributed by atoms with Crippen molar-refractivity contribution in [1.82, 2.24) is 5.16 Å². The zero-order valence-electron chi connectivity index (χ0n) is 17.1. The zero-order chi connectivity index (χ0) is 21.7. The number of carbonyl (C=O) groups is 2. The molecular weight excluding hydrogens is 388 g/mol. The Morgan fingerprint density at radius 2 is 1.90 bits per heavy atom. The van der Waals surface area contributed by atoms with Gasteiger partial charge in [0.05, 0.1) is 36.6 Å². The van der Waals surface area contributed by atoms with Crippen molar-refractivity contribution in [2.45, 2.75) is 20.5 Å². The van der Waals surface area contributed by atoms with Crippen molar-refractivity contribution >= 4 is 17.6 Å². The molecule has 1 aromatic heterocycles. The lowest BCUT2D eigenvalue weighted by Crippen LogP contribution is -2.14. The normalized spacial score (nSPS) is 10.4. The molecule has 0 unspecified atom stereocenters. The van der Waals surface area contributed by atoms with Crippen LogP contribution in [-0.4, -0.2) is 31.3 Å². The van der Waals surface area contributed by atoms with Crippen LogP contribution in [-0.2, 0) is 11.3 Å². The first-order chi connectivity index (χ1) is 14.4. The Balaban J connectivity index is 1.84. The van der Waals surface area contributed by atoms with Gasteiger partial charge in [-0.3, -0.25) is 4.79 Å². The Hall–Kier alpha value is -3.81. The van der Waals surface area contributed by atoms with Crippen LogP contribution in [0.4, 0.5) is 5.69 Å². The Kier molecular flexibility index (Phi) is 6.36. The lowest BCUT2D eigenvalue weighted by molar-refractivity contribution is 0.0600. The molecule has 0 aliphatic carbocycles. The summed E-state index contributed by atoms with van der Waals surface area (Å²) in [6, 6.07) is 11.4. The van der Waals surface area contributed by atoms with Gasteiger partial charge in [0.1, 0.15) is 23.9 Å². The summed E-state index contributed by atoms with van der Waals surface area (Å²) in [5.74, 6) is 0.637. The van der Waals surface area contributed by atoms with E-state index >= 15 is 0 Å². The number of aromatic nitrogens is 1. The van der Waals surface area contributed by atoms with Crippen LogP contribution in [0.3, 0.4) is 0 Å². The number of rotatable bonds is 7. The molecule has 0 aliphatic rings. The monoisotopic (exact) mass is 410 g/mol. The van der Waals surface area contributed by atoms with Crippen LogP contribution in [0.15, 0.2) is 47.0 Å². The number of nitrogens with zero attached hydrogens (tertiary/aromatic N) is 1. The molecule has 1 N–H and O–H groups in total. The largest absolute Gasteiger partial charge is 0.497 e. The van der Waals surface area contributed by atoms with Crippen molar-refractivity contribution in [1.29, 1.82) is 0 Å². The van der Waals surface area contributed by atoms with E-state index in [0.29, 0.717) is 28.5 Å². The molecule has 3 aromatic rings. The second-order valence-electron chi connectivity index (χ2n) is 6.48. The van der Waals surface area contributed by atoms with Gasteiger partial charge < -0.3 is 24.1 Å². The lowest BCUT2D eigenvalue weighted by Gasteiger charge is -2.13. The van der Waals surface area contributed by atoms with Gasteiger partial charge in [-0.25, -0.2) is 4.79 Å². The van der Waals surface area contributed by atoms with E-state index in [0.717, 1.165) is 11.3 Å². The molecule has 0 saturated carbocycles. The van der Waals surface area contributed by atoms with Crippen LogP contribution in [0.5, 0.6) is 11.5 Å². The summed E-state index contributed by atoms with van der Waals surface area (Å²) in [4.78, 5) is 24.7. The number of methoxy groups -OCH3 is 2. The van der Waals surface area contributed by atoms with Crippen molar-refractivity contribution in [3.8, 4) is 11.5 Å². The highest BCUT2D eigenvalue weighted by Gasteiger charge is 2.17. The fourth-order valence-electron chi connectivity index (χ4n) is 2.84. The number of benzene rings is 2. The van der Waals surface area contributed by atoms with Gasteiger partial charge in [-0.05, 0) is 50.2 Å². The second-order valence-corrected chi connectivity index (χ2v) is 6.48. The lowest BCUT2D eigenvalue weighted by atomic mass is 10.1. The molecule has 0 radical (unpaired) electrons. The number of carbonyl (C=O) groups excluding carboxylic acids is 2. The quantitative estimate of drug-likeness (QED) is 0.589. The minimum absolute atomic E-state index is 0.200. The van der Waals surface area contributed by atoms with Crippen molar-refractivity contribution < 1.29 is 28.3 Å². The van der Waals surface area contributed by atoms with Crippen LogP contribution in [0, 0.1) is 13.8 Å². The van der Waals surface area contributed by atoms with Gasteiger partial charge in [0.2, 0.25) is 0 Å². The van der Waals surface area contributed by atoms with Crippen LogP contribution in [0.1, 0.15) is 37.7 Å². The first-order valence-corrected chi connectivity index (χ1v) is 9.15. The number of ether oxygens (including phenoxy) is 3. The van der Waals surface area contributed by atoms with Gasteiger partial charge in [-0.15, -0.1) is 0 Å². The standard InChI is InChI=1S/C22H22N2O6/c1-13-19(14(2)30-24-13)12-29-20-9-8-17(27-3)11-18(20)21(25)23-16-7-5-6-15(10-16)22(26)28-4/h5-11H,12H2,1-4H3,(H,23,25). The van der Waals surface area contributed by atoms with Gasteiger partial charge in [0.15, 0.2) is 0 Å². The van der Waals surface area contributed by atoms with Gasteiger partial charge >= 0.3 is 5.97 Å². The summed E-state index contributed by atoms with van der Waals surface area (Å²) in [5, 5.41) is 6.68. The number of anilines is 1. The number of hydrogen-bond acceptors (Lipinski definition) is 7. The molecule has 30 heavy (non-hydrogen) atoms. The van der Waals surface area contributed by atoms with E-state index in [9.17, 15) is 9.59 Å². The molecule has 156 valence electrons. The maximum atomic E-state index is 13.0. The van der Waals surface area contributed by atoms with Gasteiger partial charge in [0.25, 0.3) is 5.91 Å². The van der Waals surface area contributed by atoms with E-state index in [1.165, 1.54) is 20.3 Å². The number of nitrogens with one attached hydrogen (secondary N) is 1. The average molecular weight is 410 g/mol. The van der Waals surface area contributed by atoms with Crippen LogP contribution in [0.2, 0.25) is 0 Å². The molecule has 0 bridgehead atoms. The minimum Gasteiger partial charge on any atom is -0.497 e. The fraction of sp³-hybridized carbons (Fsp3) is 0.227. The highest BCUT2D eigenvalue weighted by Crippen LogP contribution is 2.27. The number of esters is 1. The van der Waals surface area contributed by atoms with Crippen LogP contribution < -0.4 is 14.8 Å². The van der Waals surface area contributed by atoms with Crippen molar-refractivity contribution in [3.63, 3.8) is 0 Å². The first-order valence-electron chi connectivity index (χ1n) is 9.15. The molecule has 0 atom stereocenters. The minimum atomic E-state index is -0.490. The predicted molar refractivity (Wildman–Crippen MR) is 109 cm³/mol. The fourth-order valence-corrected chi connectivity index (χ4v) is 2.84. The van der Waals surface area contributed by atoms with E-state index in [1.54, 1.807) is 43.3 Å². The SMILES string of the molecule is COC(=O)c1cccc(NC(=O)c2cc(OC)ccc2OCc2c(C)noc2C)c1. The Morgan fingerprint density at radius 1 is 1.10 bits per heavy atom. The van der Waals surface area contributed by atoms with Gasteiger partial charge in [0, 0.05) is 5.69 Å². The number of hydrogen-bond donors (Lipinski definition) is 1. The molecule has 0 spiro atoms. The molecule has 0 aliphatic heterocycles. The van der Waals surface area contributed by atoms with Gasteiger partial charge in [-0.2, -0.15) is 0 Å². The maximum absolute atomic E-state index is 13.0. The molecule has 2 aromatic carbocycles. The Labute approximate surface area is 173 Å². The summed E-state index contributed by atoms with van der Waals surface area (Å²) in [7, 11) is 2.81. The third-order valence-corrected chi connectivity index (χ3v) is 4.53. The summed E-state index contributed by atoms with van der Waals surface area (Å²) in [6.07, 6.45) is 0. The number of aryl methyl sites for hydroxylation is 2. The van der Waals surface area contributed by atoms with Crippen molar-refractivity contribution in [3.05, 3.63) is 70.6 Å². The van der Waals surface area contributed by atoms with Gasteiger partial charge in [-0.1, -0.05) is 11.2 Å². The van der Waals surface area contributed by atoms with Crippen LogP contribution >= 0.6 is 0 Å². The maximum Gasteiger partial charge on any atom is 0.337 e. The third kappa shape index (κ3) is 4.60. The van der Waals surface area contributed by atoms with E-state index < -0.39 is 11.9 Å². The summed E-state index contributed by atoms with van der Waals surface area (Å²) >= 11 is 0.